The molecule has 0 radical (unpaired) electrons. The quantitative estimate of drug-likeness (QED) is 0.691. The van der Waals surface area contributed by atoms with Gasteiger partial charge in [0, 0.05) is 22.5 Å². The standard InChI is InChI=1S/C20H19O4P/c1-22-13-5-3-6-15(11-13)24-20-16(7-4-8-19(20)25)17-12-14(23-2)9-10-18(17)21/h3-12,21H,25H2,1-2H3. The fraction of sp³-hybridized carbons (Fsp3) is 0.100. The summed E-state index contributed by atoms with van der Waals surface area (Å²) < 4.78 is 16.6. The molecule has 0 amide bonds. The molecular formula is C20H19O4P. The van der Waals surface area contributed by atoms with Crippen molar-refractivity contribution in [2.24, 2.45) is 0 Å². The molecule has 3 aromatic carbocycles. The van der Waals surface area contributed by atoms with E-state index in [9.17, 15) is 5.11 Å². The summed E-state index contributed by atoms with van der Waals surface area (Å²) in [4.78, 5) is 0. The molecule has 0 heterocycles. The van der Waals surface area contributed by atoms with E-state index in [1.54, 1.807) is 32.4 Å². The van der Waals surface area contributed by atoms with Crippen LogP contribution in [0.1, 0.15) is 0 Å². The van der Waals surface area contributed by atoms with Crippen LogP contribution in [0.4, 0.5) is 0 Å². The van der Waals surface area contributed by atoms with Crippen LogP contribution in [0.3, 0.4) is 0 Å². The van der Waals surface area contributed by atoms with E-state index < -0.39 is 0 Å². The lowest BCUT2D eigenvalue weighted by Gasteiger charge is -2.16. The number of hydrogen-bond donors (Lipinski definition) is 1. The molecule has 1 atom stereocenters. The number of phenolic OH excluding ortho intramolecular Hbond substituents is 1. The van der Waals surface area contributed by atoms with Crippen molar-refractivity contribution in [2.45, 2.75) is 0 Å². The first-order chi connectivity index (χ1) is 12.1. The number of aromatic hydroxyl groups is 1. The van der Waals surface area contributed by atoms with E-state index in [0.29, 0.717) is 28.6 Å². The molecule has 25 heavy (non-hydrogen) atoms. The summed E-state index contributed by atoms with van der Waals surface area (Å²) in [5, 5.41) is 11.2. The molecule has 0 spiro atoms. The van der Waals surface area contributed by atoms with Gasteiger partial charge in [-0.2, -0.15) is 0 Å². The summed E-state index contributed by atoms with van der Waals surface area (Å²) >= 11 is 0. The third-order valence-corrected chi connectivity index (χ3v) is 4.26. The second kappa shape index (κ2) is 7.45. The number of methoxy groups -OCH3 is 2. The maximum atomic E-state index is 10.3. The first-order valence-corrected chi connectivity index (χ1v) is 8.28. The van der Waals surface area contributed by atoms with Crippen molar-refractivity contribution in [3.8, 4) is 39.9 Å². The molecule has 1 unspecified atom stereocenters. The molecular weight excluding hydrogens is 335 g/mol. The number of rotatable bonds is 5. The van der Waals surface area contributed by atoms with E-state index in [4.69, 9.17) is 14.2 Å². The minimum Gasteiger partial charge on any atom is -0.507 e. The lowest BCUT2D eigenvalue weighted by Crippen LogP contribution is -2.00. The van der Waals surface area contributed by atoms with Gasteiger partial charge in [0.15, 0.2) is 0 Å². The molecule has 0 saturated heterocycles. The highest BCUT2D eigenvalue weighted by atomic mass is 31.0. The van der Waals surface area contributed by atoms with Gasteiger partial charge in [0.2, 0.25) is 0 Å². The molecule has 0 aliphatic rings. The Hall–Kier alpha value is -2.71. The molecule has 128 valence electrons. The van der Waals surface area contributed by atoms with Crippen molar-refractivity contribution in [1.82, 2.24) is 0 Å². The SMILES string of the molecule is COc1cccc(Oc2c(P)cccc2-c2cc(OC)ccc2O)c1. The summed E-state index contributed by atoms with van der Waals surface area (Å²) in [7, 11) is 5.87. The van der Waals surface area contributed by atoms with Gasteiger partial charge >= 0.3 is 0 Å². The Morgan fingerprint density at radius 1 is 0.760 bits per heavy atom. The van der Waals surface area contributed by atoms with Crippen LogP contribution in [0.15, 0.2) is 60.7 Å². The first-order valence-electron chi connectivity index (χ1n) is 7.70. The highest BCUT2D eigenvalue weighted by Gasteiger charge is 2.15. The molecule has 4 nitrogen and oxygen atoms in total. The number of benzene rings is 3. The molecule has 0 bridgehead atoms. The smallest absolute Gasteiger partial charge is 0.142 e. The van der Waals surface area contributed by atoms with E-state index in [-0.39, 0.29) is 5.75 Å². The summed E-state index contributed by atoms with van der Waals surface area (Å²) in [6.45, 7) is 0. The van der Waals surface area contributed by atoms with Gasteiger partial charge in [-0.3, -0.25) is 0 Å². The maximum absolute atomic E-state index is 10.3. The third kappa shape index (κ3) is 3.70. The average Bonchev–Trinajstić information content (AvgIpc) is 2.64. The Bertz CT molecular complexity index is 893. The summed E-state index contributed by atoms with van der Waals surface area (Å²) in [6.07, 6.45) is 0. The predicted octanol–water partition coefficient (Wildman–Crippen LogP) is 4.37. The molecule has 0 aromatic heterocycles. The number of ether oxygens (including phenoxy) is 3. The maximum Gasteiger partial charge on any atom is 0.142 e. The number of phenols is 1. The highest BCUT2D eigenvalue weighted by Crippen LogP contribution is 2.39. The molecule has 3 rings (SSSR count). The lowest BCUT2D eigenvalue weighted by atomic mass is 10.0. The van der Waals surface area contributed by atoms with Crippen molar-refractivity contribution < 1.29 is 19.3 Å². The van der Waals surface area contributed by atoms with Crippen LogP contribution in [0.2, 0.25) is 0 Å². The van der Waals surface area contributed by atoms with Gasteiger partial charge in [-0.1, -0.05) is 24.3 Å². The van der Waals surface area contributed by atoms with Crippen LogP contribution >= 0.6 is 9.24 Å². The van der Waals surface area contributed by atoms with Crippen LogP contribution in [0.5, 0.6) is 28.7 Å². The first kappa shape index (κ1) is 17.1. The zero-order valence-corrected chi connectivity index (χ0v) is 15.2. The summed E-state index contributed by atoms with van der Waals surface area (Å²) in [6, 6.07) is 18.2. The topological polar surface area (TPSA) is 47.9 Å². The van der Waals surface area contributed by atoms with Crippen LogP contribution < -0.4 is 19.5 Å². The van der Waals surface area contributed by atoms with E-state index in [2.05, 4.69) is 9.24 Å². The molecule has 1 N–H and O–H groups in total. The van der Waals surface area contributed by atoms with Gasteiger partial charge < -0.3 is 19.3 Å². The predicted molar refractivity (Wildman–Crippen MR) is 103 cm³/mol. The van der Waals surface area contributed by atoms with Crippen molar-refractivity contribution in [1.29, 1.82) is 0 Å². The minimum atomic E-state index is 0.159. The zero-order valence-electron chi connectivity index (χ0n) is 14.0. The Kier molecular flexibility index (Phi) is 5.11. The molecule has 0 aliphatic heterocycles. The molecule has 5 heteroatoms. The second-order valence-electron chi connectivity index (χ2n) is 5.39. The summed E-state index contributed by atoms with van der Waals surface area (Å²) in [5.41, 5.74) is 1.41. The largest absolute Gasteiger partial charge is 0.507 e. The molecule has 0 aliphatic carbocycles. The second-order valence-corrected chi connectivity index (χ2v) is 6.01. The van der Waals surface area contributed by atoms with Gasteiger partial charge in [-0.25, -0.2) is 0 Å². The summed E-state index contributed by atoms with van der Waals surface area (Å²) in [5.74, 6) is 2.83. The van der Waals surface area contributed by atoms with Gasteiger partial charge in [0.05, 0.1) is 14.2 Å². The Morgan fingerprint density at radius 3 is 2.20 bits per heavy atom. The molecule has 0 fully saturated rings. The van der Waals surface area contributed by atoms with E-state index in [1.165, 1.54) is 0 Å². The van der Waals surface area contributed by atoms with Gasteiger partial charge in [-0.05, 0) is 30.3 Å². The number of hydrogen-bond acceptors (Lipinski definition) is 4. The average molecular weight is 354 g/mol. The van der Waals surface area contributed by atoms with E-state index in [0.717, 1.165) is 10.9 Å². The zero-order chi connectivity index (χ0) is 17.8. The van der Waals surface area contributed by atoms with Gasteiger partial charge in [0.1, 0.15) is 28.7 Å². The Labute approximate surface area is 149 Å². The van der Waals surface area contributed by atoms with Crippen molar-refractivity contribution in [2.75, 3.05) is 14.2 Å². The monoisotopic (exact) mass is 354 g/mol. The fourth-order valence-electron chi connectivity index (χ4n) is 2.52. The lowest BCUT2D eigenvalue weighted by molar-refractivity contribution is 0.409. The van der Waals surface area contributed by atoms with Crippen molar-refractivity contribution >= 4 is 14.5 Å². The molecule has 3 aromatic rings. The number of para-hydroxylation sites is 1. The van der Waals surface area contributed by atoms with Gasteiger partial charge in [0.25, 0.3) is 0 Å². The minimum absolute atomic E-state index is 0.159. The fourth-order valence-corrected chi connectivity index (χ4v) is 2.85. The third-order valence-electron chi connectivity index (χ3n) is 3.80. The van der Waals surface area contributed by atoms with Crippen molar-refractivity contribution in [3.63, 3.8) is 0 Å². The van der Waals surface area contributed by atoms with E-state index in [1.807, 2.05) is 42.5 Å². The Morgan fingerprint density at radius 2 is 1.44 bits per heavy atom. The van der Waals surface area contributed by atoms with E-state index >= 15 is 0 Å². The van der Waals surface area contributed by atoms with Gasteiger partial charge in [-0.15, -0.1) is 9.24 Å². The molecule has 0 saturated carbocycles. The normalized spacial score (nSPS) is 10.4. The van der Waals surface area contributed by atoms with Crippen LogP contribution in [-0.4, -0.2) is 19.3 Å². The van der Waals surface area contributed by atoms with Crippen LogP contribution in [0.25, 0.3) is 11.1 Å². The van der Waals surface area contributed by atoms with Crippen LogP contribution in [0, 0.1) is 0 Å². The van der Waals surface area contributed by atoms with Crippen LogP contribution in [-0.2, 0) is 0 Å². The van der Waals surface area contributed by atoms with Crippen molar-refractivity contribution in [3.05, 3.63) is 60.7 Å². The Balaban J connectivity index is 2.09. The highest BCUT2D eigenvalue weighted by molar-refractivity contribution is 7.27.